The van der Waals surface area contributed by atoms with Crippen LogP contribution in [-0.4, -0.2) is 64.1 Å². The molecule has 0 spiro atoms. The number of carbonyl (C=O) groups excluding carboxylic acids is 1. The lowest BCUT2D eigenvalue weighted by atomic mass is 9.85. The van der Waals surface area contributed by atoms with E-state index in [1.165, 1.54) is 10.9 Å². The van der Waals surface area contributed by atoms with Crippen LogP contribution >= 0.6 is 0 Å². The van der Waals surface area contributed by atoms with Crippen LogP contribution < -0.4 is 16.0 Å². The standard InChI is InChI=1S/C26H32FN7O3/c1-28-21-11-23-31-16-9-17(30-19(10-16)14-3-5-18(36-2)6-4-14)12-37-22-8-15(27)7-20(22)32-26(35)34-13-29-24(21)25(34)33-23/h9-11,13-15,18,20,22H,3-8,12H2,1-2H3,(H,32,35)(H2,28,31,33)/t14?,15-,18?,20-,22-/m1/s1. The van der Waals surface area contributed by atoms with Crippen molar-refractivity contribution in [3.63, 3.8) is 0 Å². The summed E-state index contributed by atoms with van der Waals surface area (Å²) in [7, 11) is 3.57. The second kappa shape index (κ2) is 9.86. The molecule has 4 heterocycles. The number of pyridine rings is 2. The van der Waals surface area contributed by atoms with Gasteiger partial charge < -0.3 is 25.4 Å². The lowest BCUT2D eigenvalue weighted by molar-refractivity contribution is 0.0255. The minimum atomic E-state index is -1.04. The Morgan fingerprint density at radius 2 is 2.00 bits per heavy atom. The zero-order valence-corrected chi connectivity index (χ0v) is 21.0. The lowest BCUT2D eigenvalue weighted by Crippen LogP contribution is -2.43. The molecule has 6 rings (SSSR count). The van der Waals surface area contributed by atoms with Gasteiger partial charge >= 0.3 is 6.03 Å². The fourth-order valence-corrected chi connectivity index (χ4v) is 5.80. The van der Waals surface area contributed by atoms with Gasteiger partial charge in [0.05, 0.1) is 36.2 Å². The number of ether oxygens (including phenoxy) is 2. The molecule has 2 aliphatic carbocycles. The molecule has 10 nitrogen and oxygen atoms in total. The van der Waals surface area contributed by atoms with E-state index in [1.807, 2.05) is 12.1 Å². The molecule has 0 radical (unpaired) electrons. The van der Waals surface area contributed by atoms with Crippen LogP contribution in [-0.2, 0) is 16.1 Å². The maximum Gasteiger partial charge on any atom is 0.328 e. The maximum atomic E-state index is 14.4. The molecule has 1 aliphatic heterocycles. The van der Waals surface area contributed by atoms with Crippen LogP contribution in [0.2, 0.25) is 0 Å². The monoisotopic (exact) mass is 509 g/mol. The van der Waals surface area contributed by atoms with E-state index in [9.17, 15) is 9.18 Å². The molecule has 3 N–H and O–H groups in total. The maximum absolute atomic E-state index is 14.4. The molecule has 3 atom stereocenters. The predicted octanol–water partition coefficient (Wildman–Crippen LogP) is 4.24. The summed E-state index contributed by atoms with van der Waals surface area (Å²) >= 11 is 0. The first-order valence-electron chi connectivity index (χ1n) is 12.9. The number of fused-ring (bicyclic) bond motifs is 4. The second-order valence-electron chi connectivity index (χ2n) is 10.2. The third-order valence-corrected chi connectivity index (χ3v) is 7.79. The van der Waals surface area contributed by atoms with Crippen LogP contribution in [0.25, 0.3) is 11.2 Å². The summed E-state index contributed by atoms with van der Waals surface area (Å²) < 4.78 is 27.5. The van der Waals surface area contributed by atoms with Crippen molar-refractivity contribution < 1.29 is 18.7 Å². The highest BCUT2D eigenvalue weighted by molar-refractivity contribution is 5.94. The molecular weight excluding hydrogens is 477 g/mol. The number of rotatable bonds is 3. The highest BCUT2D eigenvalue weighted by Crippen LogP contribution is 2.35. The molecule has 37 heavy (non-hydrogen) atoms. The summed E-state index contributed by atoms with van der Waals surface area (Å²) in [5.41, 5.74) is 4.32. The van der Waals surface area contributed by atoms with Crippen molar-refractivity contribution in [1.82, 2.24) is 24.8 Å². The zero-order chi connectivity index (χ0) is 25.5. The molecule has 3 aromatic heterocycles. The Morgan fingerprint density at radius 3 is 2.78 bits per heavy atom. The third kappa shape index (κ3) is 4.73. The van der Waals surface area contributed by atoms with E-state index in [-0.39, 0.29) is 19.4 Å². The predicted molar refractivity (Wildman–Crippen MR) is 137 cm³/mol. The largest absolute Gasteiger partial charge is 0.386 e. The molecule has 2 fully saturated rings. The zero-order valence-electron chi connectivity index (χ0n) is 21.0. The Bertz CT molecular complexity index is 1310. The molecule has 1 amide bonds. The van der Waals surface area contributed by atoms with Crippen LogP contribution in [0.1, 0.15) is 55.8 Å². The summed E-state index contributed by atoms with van der Waals surface area (Å²) in [6, 6.07) is 5.01. The summed E-state index contributed by atoms with van der Waals surface area (Å²) in [5, 5.41) is 9.50. The average molecular weight is 510 g/mol. The van der Waals surface area contributed by atoms with Gasteiger partial charge in [-0.25, -0.2) is 23.7 Å². The van der Waals surface area contributed by atoms with Crippen molar-refractivity contribution in [2.24, 2.45) is 0 Å². The number of amides is 1. The number of anilines is 3. The van der Waals surface area contributed by atoms with Gasteiger partial charge in [-0.05, 0) is 37.8 Å². The molecule has 0 aromatic carbocycles. The number of imidazole rings is 1. The molecular formula is C26H32FN7O3. The summed E-state index contributed by atoms with van der Waals surface area (Å²) in [6.07, 6.45) is 4.69. The Labute approximate surface area is 214 Å². The van der Waals surface area contributed by atoms with Crippen molar-refractivity contribution in [2.75, 3.05) is 24.8 Å². The van der Waals surface area contributed by atoms with Crippen LogP contribution in [0, 0.1) is 0 Å². The molecule has 3 aromatic rings. The van der Waals surface area contributed by atoms with Crippen molar-refractivity contribution >= 4 is 34.4 Å². The number of nitrogens with zero attached hydrogens (tertiary/aromatic N) is 4. The number of aromatic nitrogens is 4. The molecule has 2 saturated carbocycles. The number of halogens is 1. The SMILES string of the molecule is CNc1cc2nc3c1ncn3C(=O)N[C@@H]1C[C@@H](F)C[C@H]1OCc1cc(cc(C3CCC(OC)CC3)n1)N2. The van der Waals surface area contributed by atoms with E-state index in [0.29, 0.717) is 29.0 Å². The highest BCUT2D eigenvalue weighted by Gasteiger charge is 2.37. The topological polar surface area (TPSA) is 115 Å². The first-order valence-corrected chi connectivity index (χ1v) is 12.9. The fourth-order valence-electron chi connectivity index (χ4n) is 5.80. The Kier molecular flexibility index (Phi) is 6.41. The van der Waals surface area contributed by atoms with Crippen LogP contribution in [0.5, 0.6) is 0 Å². The third-order valence-electron chi connectivity index (χ3n) is 7.79. The van der Waals surface area contributed by atoms with E-state index < -0.39 is 24.3 Å². The number of carbonyl (C=O) groups is 1. The van der Waals surface area contributed by atoms with Crippen molar-refractivity contribution in [3.8, 4) is 0 Å². The first-order chi connectivity index (χ1) is 18.0. The normalized spacial score (nSPS) is 27.9. The van der Waals surface area contributed by atoms with Gasteiger partial charge in [-0.2, -0.15) is 0 Å². The number of methoxy groups -OCH3 is 1. The minimum Gasteiger partial charge on any atom is -0.386 e. The summed E-state index contributed by atoms with van der Waals surface area (Å²) in [6.45, 7) is 0.226. The Morgan fingerprint density at radius 1 is 1.16 bits per heavy atom. The fraction of sp³-hybridized carbons (Fsp3) is 0.538. The smallest absolute Gasteiger partial charge is 0.328 e. The molecule has 0 unspecified atom stereocenters. The van der Waals surface area contributed by atoms with E-state index >= 15 is 0 Å². The van der Waals surface area contributed by atoms with Gasteiger partial charge in [0.2, 0.25) is 0 Å². The lowest BCUT2D eigenvalue weighted by Gasteiger charge is -2.28. The van der Waals surface area contributed by atoms with Gasteiger partial charge in [0, 0.05) is 50.4 Å². The number of nitrogens with one attached hydrogen (secondary N) is 3. The van der Waals surface area contributed by atoms with Crippen molar-refractivity contribution in [2.45, 2.75) is 75.5 Å². The molecule has 196 valence electrons. The quantitative estimate of drug-likeness (QED) is 0.480. The van der Waals surface area contributed by atoms with E-state index in [4.69, 9.17) is 19.4 Å². The minimum absolute atomic E-state index is 0.201. The van der Waals surface area contributed by atoms with Crippen LogP contribution in [0.4, 0.5) is 26.4 Å². The average Bonchev–Trinajstić information content (AvgIpc) is 3.49. The molecule has 4 bridgehead atoms. The Balaban J connectivity index is 1.42. The number of hydrogen-bond acceptors (Lipinski definition) is 8. The van der Waals surface area contributed by atoms with Gasteiger partial charge in [0.25, 0.3) is 0 Å². The van der Waals surface area contributed by atoms with Gasteiger partial charge in [-0.3, -0.25) is 4.98 Å². The van der Waals surface area contributed by atoms with Gasteiger partial charge in [0.15, 0.2) is 5.65 Å². The van der Waals surface area contributed by atoms with E-state index in [2.05, 4.69) is 27.0 Å². The first kappa shape index (κ1) is 24.1. The number of alkyl halides is 1. The van der Waals surface area contributed by atoms with E-state index in [0.717, 1.165) is 48.4 Å². The number of hydrogen-bond donors (Lipinski definition) is 3. The van der Waals surface area contributed by atoms with Crippen LogP contribution in [0.15, 0.2) is 24.5 Å². The Hall–Kier alpha value is -3.31. The molecule has 0 saturated heterocycles. The van der Waals surface area contributed by atoms with Crippen molar-refractivity contribution in [3.05, 3.63) is 35.9 Å². The highest BCUT2D eigenvalue weighted by atomic mass is 19.1. The summed E-state index contributed by atoms with van der Waals surface area (Å²) in [4.78, 5) is 27.3. The van der Waals surface area contributed by atoms with Gasteiger partial charge in [0.1, 0.15) is 23.8 Å². The van der Waals surface area contributed by atoms with Crippen molar-refractivity contribution in [1.29, 1.82) is 0 Å². The van der Waals surface area contributed by atoms with Gasteiger partial charge in [-0.1, -0.05) is 0 Å². The van der Waals surface area contributed by atoms with Gasteiger partial charge in [-0.15, -0.1) is 0 Å². The van der Waals surface area contributed by atoms with Crippen LogP contribution in [0.3, 0.4) is 0 Å². The molecule has 3 aliphatic rings. The second-order valence-corrected chi connectivity index (χ2v) is 10.2. The summed E-state index contributed by atoms with van der Waals surface area (Å²) in [5.74, 6) is 0.891. The van der Waals surface area contributed by atoms with E-state index in [1.54, 1.807) is 14.2 Å². The molecule has 11 heteroatoms.